The zero-order valence-electron chi connectivity index (χ0n) is 11.9. The second-order valence-electron chi connectivity index (χ2n) is 5.11. The first-order chi connectivity index (χ1) is 9.85. The topological polar surface area (TPSA) is 87.0 Å². The molecule has 0 bridgehead atoms. The van der Waals surface area contributed by atoms with Gasteiger partial charge in [0.2, 0.25) is 0 Å². The number of aliphatic hydroxyl groups is 1. The van der Waals surface area contributed by atoms with Gasteiger partial charge in [-0.25, -0.2) is 4.21 Å². The molecule has 1 aromatic rings. The van der Waals surface area contributed by atoms with Crippen LogP contribution in [0.4, 0.5) is 0 Å². The van der Waals surface area contributed by atoms with E-state index in [9.17, 15) is 12.6 Å². The van der Waals surface area contributed by atoms with Crippen LogP contribution in [0.5, 0.6) is 0 Å². The molecule has 6 nitrogen and oxygen atoms in total. The molecule has 118 valence electrons. The number of sulfonamides is 1. The van der Waals surface area contributed by atoms with Gasteiger partial charge >= 0.3 is 0 Å². The van der Waals surface area contributed by atoms with Crippen molar-refractivity contribution >= 4 is 19.8 Å². The SMILES string of the molecule is Cc1ccc(S(=O)(=O)N=S2(=O)CCN(CCO)CC2)cc1. The maximum atomic E-state index is 12.6. The number of hydrogen-bond acceptors (Lipinski definition) is 5. The molecule has 1 aromatic carbocycles. The van der Waals surface area contributed by atoms with E-state index in [1.807, 2.05) is 11.8 Å². The average molecular weight is 332 g/mol. The van der Waals surface area contributed by atoms with Crippen molar-refractivity contribution < 1.29 is 17.7 Å². The van der Waals surface area contributed by atoms with E-state index in [0.29, 0.717) is 19.6 Å². The minimum Gasteiger partial charge on any atom is -0.395 e. The Balaban J connectivity index is 2.22. The van der Waals surface area contributed by atoms with Crippen LogP contribution in [0.1, 0.15) is 5.56 Å². The van der Waals surface area contributed by atoms with Crippen LogP contribution in [0, 0.1) is 6.92 Å². The van der Waals surface area contributed by atoms with Gasteiger partial charge in [0.25, 0.3) is 10.0 Å². The van der Waals surface area contributed by atoms with Crippen molar-refractivity contribution in [1.29, 1.82) is 0 Å². The Morgan fingerprint density at radius 2 is 1.81 bits per heavy atom. The van der Waals surface area contributed by atoms with Gasteiger partial charge in [-0.15, -0.1) is 3.77 Å². The maximum absolute atomic E-state index is 12.6. The van der Waals surface area contributed by atoms with Gasteiger partial charge in [0.05, 0.1) is 21.2 Å². The number of β-amino-alcohol motifs (C(OH)–C–C–N with tert-alkyl or cyclic N) is 1. The summed E-state index contributed by atoms with van der Waals surface area (Å²) in [5, 5.41) is 8.87. The smallest absolute Gasteiger partial charge is 0.290 e. The standard InChI is InChI=1S/C13H20N2O4S2/c1-12-2-4-13(5-3-12)21(18,19)14-20(17)10-7-15(6-9-16)8-11-20/h2-5,16H,6-11H2,1H3. The van der Waals surface area contributed by atoms with Crippen LogP contribution in [0.3, 0.4) is 0 Å². The highest BCUT2D eigenvalue weighted by Gasteiger charge is 2.24. The van der Waals surface area contributed by atoms with Crippen molar-refractivity contribution in [2.45, 2.75) is 11.8 Å². The molecule has 0 aromatic heterocycles. The Labute approximate surface area is 126 Å². The molecule has 1 fully saturated rings. The lowest BCUT2D eigenvalue weighted by molar-refractivity contribution is 0.206. The Bertz CT molecular complexity index is 690. The Hall–Kier alpha value is -0.960. The molecular weight excluding hydrogens is 312 g/mol. The fourth-order valence-corrected chi connectivity index (χ4v) is 6.27. The van der Waals surface area contributed by atoms with E-state index in [1.165, 1.54) is 12.1 Å². The van der Waals surface area contributed by atoms with Crippen LogP contribution in [0.2, 0.25) is 0 Å². The van der Waals surface area contributed by atoms with E-state index in [1.54, 1.807) is 12.1 Å². The average Bonchev–Trinajstić information content (AvgIpc) is 2.42. The third-order valence-corrected chi connectivity index (χ3v) is 7.80. The predicted octanol–water partition coefficient (Wildman–Crippen LogP) is 0.460. The summed E-state index contributed by atoms with van der Waals surface area (Å²) in [4.78, 5) is 2.03. The molecule has 0 spiro atoms. The van der Waals surface area contributed by atoms with E-state index in [-0.39, 0.29) is 23.0 Å². The van der Waals surface area contributed by atoms with E-state index in [2.05, 4.69) is 3.77 Å². The molecule has 1 heterocycles. The first-order valence-corrected chi connectivity index (χ1v) is 10.0. The van der Waals surface area contributed by atoms with E-state index < -0.39 is 19.8 Å². The molecule has 8 heteroatoms. The van der Waals surface area contributed by atoms with E-state index in [4.69, 9.17) is 5.11 Å². The molecule has 1 saturated heterocycles. The molecule has 1 aliphatic rings. The Kier molecular flexibility index (Phi) is 5.03. The van der Waals surface area contributed by atoms with Gasteiger partial charge in [-0.05, 0) is 19.1 Å². The predicted molar refractivity (Wildman–Crippen MR) is 82.2 cm³/mol. The third-order valence-electron chi connectivity index (χ3n) is 3.42. The van der Waals surface area contributed by atoms with Crippen molar-refractivity contribution in [3.8, 4) is 0 Å². The van der Waals surface area contributed by atoms with Crippen LogP contribution >= 0.6 is 0 Å². The minimum atomic E-state index is -3.88. The number of aryl methyl sites for hydroxylation is 1. The second-order valence-corrected chi connectivity index (χ2v) is 9.49. The van der Waals surface area contributed by atoms with Gasteiger partial charge < -0.3 is 5.11 Å². The molecule has 0 atom stereocenters. The molecular formula is C13H20N2O4S2. The van der Waals surface area contributed by atoms with Gasteiger partial charge in [0, 0.05) is 31.1 Å². The summed E-state index contributed by atoms with van der Waals surface area (Å²) in [6.07, 6.45) is 0. The number of hydrogen-bond donors (Lipinski definition) is 1. The van der Waals surface area contributed by atoms with Crippen LogP contribution in [0.15, 0.2) is 32.9 Å². The largest absolute Gasteiger partial charge is 0.395 e. The molecule has 21 heavy (non-hydrogen) atoms. The van der Waals surface area contributed by atoms with Crippen LogP contribution in [0.25, 0.3) is 0 Å². The van der Waals surface area contributed by atoms with Gasteiger partial charge in [-0.2, -0.15) is 8.42 Å². The van der Waals surface area contributed by atoms with Crippen molar-refractivity contribution in [3.63, 3.8) is 0 Å². The first kappa shape index (κ1) is 16.4. The number of rotatable bonds is 4. The van der Waals surface area contributed by atoms with E-state index >= 15 is 0 Å². The number of aliphatic hydroxyl groups excluding tert-OH is 1. The van der Waals surface area contributed by atoms with Crippen LogP contribution < -0.4 is 0 Å². The summed E-state index contributed by atoms with van der Waals surface area (Å²) in [5.74, 6) is 0.441. The quantitative estimate of drug-likeness (QED) is 0.865. The highest BCUT2D eigenvalue weighted by Crippen LogP contribution is 2.17. The normalized spacial score (nSPS) is 19.3. The zero-order chi connectivity index (χ0) is 15.5. The summed E-state index contributed by atoms with van der Waals surface area (Å²) in [7, 11) is -6.63. The van der Waals surface area contributed by atoms with E-state index in [0.717, 1.165) is 5.56 Å². The molecule has 0 aliphatic carbocycles. The molecule has 0 amide bonds. The fraction of sp³-hybridized carbons (Fsp3) is 0.538. The maximum Gasteiger partial charge on any atom is 0.290 e. The number of benzene rings is 1. The summed E-state index contributed by atoms with van der Waals surface area (Å²) >= 11 is 0. The Morgan fingerprint density at radius 3 is 2.33 bits per heavy atom. The van der Waals surface area contributed by atoms with Crippen molar-refractivity contribution in [2.24, 2.45) is 3.77 Å². The monoisotopic (exact) mass is 332 g/mol. The van der Waals surface area contributed by atoms with Gasteiger partial charge in [0.15, 0.2) is 0 Å². The summed E-state index contributed by atoms with van der Waals surface area (Å²) in [5.41, 5.74) is 0.954. The molecule has 1 N–H and O–H groups in total. The molecule has 2 rings (SSSR count). The highest BCUT2D eigenvalue weighted by atomic mass is 32.3. The Morgan fingerprint density at radius 1 is 1.24 bits per heavy atom. The second kappa shape index (κ2) is 6.43. The minimum absolute atomic E-state index is 0.0417. The lowest BCUT2D eigenvalue weighted by Gasteiger charge is -2.27. The molecule has 0 unspecified atom stereocenters. The first-order valence-electron chi connectivity index (χ1n) is 6.73. The van der Waals surface area contributed by atoms with Crippen molar-refractivity contribution in [3.05, 3.63) is 29.8 Å². The lowest BCUT2D eigenvalue weighted by atomic mass is 10.2. The number of nitrogens with zero attached hydrogens (tertiary/aromatic N) is 2. The summed E-state index contributed by atoms with van der Waals surface area (Å²) in [6.45, 7) is 3.41. The summed E-state index contributed by atoms with van der Waals surface area (Å²) < 4.78 is 40.7. The highest BCUT2D eigenvalue weighted by molar-refractivity contribution is 8.03. The molecule has 0 radical (unpaired) electrons. The summed E-state index contributed by atoms with van der Waals surface area (Å²) in [6, 6.07) is 6.36. The third kappa shape index (κ3) is 4.26. The van der Waals surface area contributed by atoms with Crippen LogP contribution in [-0.2, 0) is 19.8 Å². The lowest BCUT2D eigenvalue weighted by Crippen LogP contribution is -2.41. The molecule has 1 aliphatic heterocycles. The van der Waals surface area contributed by atoms with Gasteiger partial charge in [0.1, 0.15) is 0 Å². The van der Waals surface area contributed by atoms with Gasteiger partial charge in [-0.3, -0.25) is 4.90 Å². The van der Waals surface area contributed by atoms with Crippen molar-refractivity contribution in [1.82, 2.24) is 4.90 Å². The molecule has 0 saturated carbocycles. The van der Waals surface area contributed by atoms with Crippen LogP contribution in [-0.4, -0.2) is 60.4 Å². The van der Waals surface area contributed by atoms with Gasteiger partial charge in [-0.1, -0.05) is 17.7 Å². The zero-order valence-corrected chi connectivity index (χ0v) is 13.6. The fourth-order valence-electron chi connectivity index (χ4n) is 2.13. The van der Waals surface area contributed by atoms with Crippen molar-refractivity contribution in [2.75, 3.05) is 37.7 Å².